The first-order valence-corrected chi connectivity index (χ1v) is 4.75. The third-order valence-corrected chi connectivity index (χ3v) is 3.13. The van der Waals surface area contributed by atoms with E-state index in [1.165, 1.54) is 6.33 Å². The standard InChI is InChI=1S/C9H15FN4/c1-9(4-6(9)10)7(11-2)8-12-5-13-14(8)3/h5-7,11H,4H2,1-3H3. The van der Waals surface area contributed by atoms with Crippen molar-refractivity contribution in [1.29, 1.82) is 0 Å². The molecule has 0 amide bonds. The van der Waals surface area contributed by atoms with Gasteiger partial charge < -0.3 is 5.32 Å². The van der Waals surface area contributed by atoms with E-state index < -0.39 is 6.17 Å². The van der Waals surface area contributed by atoms with Crippen molar-refractivity contribution in [3.63, 3.8) is 0 Å². The van der Waals surface area contributed by atoms with Crippen LogP contribution in [-0.4, -0.2) is 28.0 Å². The second kappa shape index (κ2) is 3.02. The van der Waals surface area contributed by atoms with E-state index in [1.807, 2.05) is 21.0 Å². The van der Waals surface area contributed by atoms with Crippen LogP contribution in [0.3, 0.4) is 0 Å². The summed E-state index contributed by atoms with van der Waals surface area (Å²) >= 11 is 0. The average molecular weight is 198 g/mol. The number of nitrogens with one attached hydrogen (secondary N) is 1. The Balaban J connectivity index is 2.27. The van der Waals surface area contributed by atoms with E-state index in [2.05, 4.69) is 15.4 Å². The highest BCUT2D eigenvalue weighted by Gasteiger charge is 2.57. The van der Waals surface area contributed by atoms with E-state index in [-0.39, 0.29) is 11.5 Å². The molecule has 3 unspecified atom stereocenters. The third kappa shape index (κ3) is 1.23. The summed E-state index contributed by atoms with van der Waals surface area (Å²) in [4.78, 5) is 4.15. The quantitative estimate of drug-likeness (QED) is 0.782. The lowest BCUT2D eigenvalue weighted by Gasteiger charge is -2.21. The predicted octanol–water partition coefficient (Wildman–Crippen LogP) is 0.824. The largest absolute Gasteiger partial charge is 0.310 e. The van der Waals surface area contributed by atoms with Crippen molar-refractivity contribution in [2.75, 3.05) is 7.05 Å². The van der Waals surface area contributed by atoms with Gasteiger partial charge in [-0.25, -0.2) is 9.37 Å². The van der Waals surface area contributed by atoms with E-state index >= 15 is 0 Å². The number of hydrogen-bond acceptors (Lipinski definition) is 3. The van der Waals surface area contributed by atoms with Crippen LogP contribution in [0.2, 0.25) is 0 Å². The van der Waals surface area contributed by atoms with Gasteiger partial charge in [-0.05, 0) is 13.5 Å². The van der Waals surface area contributed by atoms with E-state index in [0.29, 0.717) is 6.42 Å². The van der Waals surface area contributed by atoms with Gasteiger partial charge in [-0.3, -0.25) is 4.68 Å². The highest BCUT2D eigenvalue weighted by molar-refractivity contribution is 5.13. The van der Waals surface area contributed by atoms with Crippen molar-refractivity contribution in [2.45, 2.75) is 25.6 Å². The lowest BCUT2D eigenvalue weighted by molar-refractivity contribution is 0.289. The highest BCUT2D eigenvalue weighted by atomic mass is 19.1. The predicted molar refractivity (Wildman–Crippen MR) is 50.4 cm³/mol. The molecule has 0 aliphatic heterocycles. The van der Waals surface area contributed by atoms with Crippen LogP contribution < -0.4 is 5.32 Å². The maximum absolute atomic E-state index is 13.2. The van der Waals surface area contributed by atoms with Crippen LogP contribution in [0.5, 0.6) is 0 Å². The Morgan fingerprint density at radius 1 is 1.79 bits per heavy atom. The normalized spacial score (nSPS) is 33.0. The van der Waals surface area contributed by atoms with Gasteiger partial charge in [0.05, 0.1) is 6.04 Å². The van der Waals surface area contributed by atoms with Crippen LogP contribution in [0.15, 0.2) is 6.33 Å². The molecule has 5 heteroatoms. The zero-order chi connectivity index (χ0) is 10.3. The molecule has 0 aromatic carbocycles. The molecule has 14 heavy (non-hydrogen) atoms. The monoisotopic (exact) mass is 198 g/mol. The van der Waals surface area contributed by atoms with Gasteiger partial charge in [0.2, 0.25) is 0 Å². The maximum Gasteiger partial charge on any atom is 0.144 e. The molecule has 1 aliphatic carbocycles. The Kier molecular flexibility index (Phi) is 2.06. The second-order valence-electron chi connectivity index (χ2n) is 4.14. The van der Waals surface area contributed by atoms with Gasteiger partial charge >= 0.3 is 0 Å². The van der Waals surface area contributed by atoms with E-state index in [4.69, 9.17) is 0 Å². The van der Waals surface area contributed by atoms with Crippen molar-refractivity contribution in [3.05, 3.63) is 12.2 Å². The van der Waals surface area contributed by atoms with Gasteiger partial charge in [-0.2, -0.15) is 5.10 Å². The fourth-order valence-corrected chi connectivity index (χ4v) is 1.95. The summed E-state index contributed by atoms with van der Waals surface area (Å²) in [6.07, 6.45) is 1.38. The molecule has 2 rings (SSSR count). The molecule has 1 saturated carbocycles. The first-order chi connectivity index (χ1) is 6.59. The molecule has 1 aliphatic rings. The zero-order valence-corrected chi connectivity index (χ0v) is 8.66. The van der Waals surface area contributed by atoms with Gasteiger partial charge in [0.15, 0.2) is 0 Å². The van der Waals surface area contributed by atoms with Crippen LogP contribution >= 0.6 is 0 Å². The van der Waals surface area contributed by atoms with Gasteiger partial charge in [0.1, 0.15) is 18.3 Å². The molecule has 1 heterocycles. The Hall–Kier alpha value is -0.970. The van der Waals surface area contributed by atoms with Crippen LogP contribution in [0.4, 0.5) is 4.39 Å². The van der Waals surface area contributed by atoms with Gasteiger partial charge in [-0.15, -0.1) is 0 Å². The molecule has 0 bridgehead atoms. The molecule has 78 valence electrons. The van der Waals surface area contributed by atoms with E-state index in [1.54, 1.807) is 4.68 Å². The van der Waals surface area contributed by atoms with Gasteiger partial charge in [0.25, 0.3) is 0 Å². The second-order valence-corrected chi connectivity index (χ2v) is 4.14. The SMILES string of the molecule is CNC(c1ncnn1C)C1(C)CC1F. The minimum atomic E-state index is -0.725. The molecule has 1 aromatic heterocycles. The first-order valence-electron chi connectivity index (χ1n) is 4.75. The highest BCUT2D eigenvalue weighted by Crippen LogP contribution is 2.56. The molecular weight excluding hydrogens is 183 g/mol. The molecule has 4 nitrogen and oxygen atoms in total. The summed E-state index contributed by atoms with van der Waals surface area (Å²) in [6, 6.07) is -0.0509. The number of nitrogens with zero attached hydrogens (tertiary/aromatic N) is 3. The molecule has 0 saturated heterocycles. The molecule has 1 fully saturated rings. The Bertz CT molecular complexity index is 337. The fourth-order valence-electron chi connectivity index (χ4n) is 1.95. The molecule has 0 radical (unpaired) electrons. The first kappa shape index (κ1) is 9.58. The van der Waals surface area contributed by atoms with Gasteiger partial charge in [0, 0.05) is 12.5 Å². The Morgan fingerprint density at radius 2 is 2.43 bits per heavy atom. The summed E-state index contributed by atoms with van der Waals surface area (Å²) in [5.41, 5.74) is -0.310. The number of halogens is 1. The lowest BCUT2D eigenvalue weighted by atomic mass is 9.98. The molecule has 1 aromatic rings. The van der Waals surface area contributed by atoms with Gasteiger partial charge in [-0.1, -0.05) is 6.92 Å². The van der Waals surface area contributed by atoms with Crippen LogP contribution in [0.25, 0.3) is 0 Å². The molecule has 3 atom stereocenters. The maximum atomic E-state index is 13.2. The lowest BCUT2D eigenvalue weighted by Crippen LogP contribution is -2.29. The number of hydrogen-bond donors (Lipinski definition) is 1. The number of aryl methyl sites for hydroxylation is 1. The minimum absolute atomic E-state index is 0.0509. The van der Waals surface area contributed by atoms with Crippen molar-refractivity contribution in [2.24, 2.45) is 12.5 Å². The van der Waals surface area contributed by atoms with Crippen molar-refractivity contribution in [1.82, 2.24) is 20.1 Å². The molecule has 1 N–H and O–H groups in total. The fraction of sp³-hybridized carbons (Fsp3) is 0.778. The Labute approximate surface area is 82.5 Å². The van der Waals surface area contributed by atoms with Crippen LogP contribution in [0.1, 0.15) is 25.2 Å². The summed E-state index contributed by atoms with van der Waals surface area (Å²) in [5, 5.41) is 7.11. The topological polar surface area (TPSA) is 42.7 Å². The minimum Gasteiger partial charge on any atom is -0.310 e. The van der Waals surface area contributed by atoms with Crippen LogP contribution in [0, 0.1) is 5.41 Å². The number of alkyl halides is 1. The van der Waals surface area contributed by atoms with E-state index in [9.17, 15) is 4.39 Å². The summed E-state index contributed by atoms with van der Waals surface area (Å²) in [5.74, 6) is 0.801. The molecular formula is C9H15FN4. The summed E-state index contributed by atoms with van der Waals surface area (Å²) in [7, 11) is 3.65. The third-order valence-electron chi connectivity index (χ3n) is 3.13. The van der Waals surface area contributed by atoms with Crippen molar-refractivity contribution < 1.29 is 4.39 Å². The van der Waals surface area contributed by atoms with Crippen molar-refractivity contribution >= 4 is 0 Å². The molecule has 0 spiro atoms. The van der Waals surface area contributed by atoms with Crippen LogP contribution in [-0.2, 0) is 7.05 Å². The van der Waals surface area contributed by atoms with Crippen molar-refractivity contribution in [3.8, 4) is 0 Å². The van der Waals surface area contributed by atoms with E-state index in [0.717, 1.165) is 5.82 Å². The average Bonchev–Trinajstić information content (AvgIpc) is 2.57. The zero-order valence-electron chi connectivity index (χ0n) is 8.66. The summed E-state index contributed by atoms with van der Waals surface area (Å²) < 4.78 is 14.9. The summed E-state index contributed by atoms with van der Waals surface area (Å²) in [6.45, 7) is 1.94. The number of aromatic nitrogens is 3. The smallest absolute Gasteiger partial charge is 0.144 e. The Morgan fingerprint density at radius 3 is 2.79 bits per heavy atom. The number of rotatable bonds is 3.